The third-order valence-electron chi connectivity index (χ3n) is 0.734. The minimum absolute atomic E-state index is 0. The Kier molecular flexibility index (Phi) is 3.71. The van der Waals surface area contributed by atoms with Crippen LogP contribution in [0.2, 0.25) is 0 Å². The molecule has 0 N–H and O–H groups in total. The van der Waals surface area contributed by atoms with Gasteiger partial charge in [-0.1, -0.05) is 5.16 Å². The predicted molar refractivity (Wildman–Crippen MR) is 35.6 cm³/mol. The summed E-state index contributed by atoms with van der Waals surface area (Å²) in [7, 11) is 0. The first-order valence-electron chi connectivity index (χ1n) is 2.26. The Balaban J connectivity index is 0.000000640. The number of rotatable bonds is 0. The second-order valence-electron chi connectivity index (χ2n) is 1.38. The molecule has 0 aromatic heterocycles. The maximum absolute atomic E-state index is 10.4. The van der Waals surface area contributed by atoms with Gasteiger partial charge in [-0.15, -0.1) is 12.4 Å². The molecule has 0 fully saturated rings. The van der Waals surface area contributed by atoms with Crippen molar-refractivity contribution in [3.05, 3.63) is 12.3 Å². The van der Waals surface area contributed by atoms with Gasteiger partial charge in [0.2, 0.25) is 0 Å². The van der Waals surface area contributed by atoms with Gasteiger partial charge in [0, 0.05) is 6.42 Å². The van der Waals surface area contributed by atoms with Crippen LogP contribution in [0.5, 0.6) is 0 Å². The Labute approximate surface area is 58.8 Å². The maximum atomic E-state index is 10.4. The van der Waals surface area contributed by atoms with Gasteiger partial charge >= 0.3 is 0 Å². The fourth-order valence-corrected chi connectivity index (χ4v) is 0.384. The maximum Gasteiger partial charge on any atom is 0.181 e. The Hall–Kier alpha value is -0.830. The highest BCUT2D eigenvalue weighted by molar-refractivity contribution is 6.27. The molecule has 0 unspecified atom stereocenters. The summed E-state index contributed by atoms with van der Waals surface area (Å²) >= 11 is 0. The number of ketones is 1. The molecule has 0 atom stereocenters. The van der Waals surface area contributed by atoms with E-state index < -0.39 is 0 Å². The third-order valence-corrected chi connectivity index (χ3v) is 0.734. The monoisotopic (exact) mass is 147 g/mol. The van der Waals surface area contributed by atoms with Gasteiger partial charge < -0.3 is 4.84 Å². The Morgan fingerprint density at radius 3 is 3.22 bits per heavy atom. The van der Waals surface area contributed by atoms with Crippen LogP contribution >= 0.6 is 12.4 Å². The molecule has 1 heterocycles. The molecule has 0 aliphatic carbocycles. The molecule has 0 aromatic carbocycles. The molecule has 0 radical (unpaired) electrons. The largest absolute Gasteiger partial charge is 0.365 e. The standard InChI is InChI=1S/C5H5NO2.ClH/c7-5-2-1-3-8-6-4-5;/h1,3-4H,2H2;1H. The van der Waals surface area contributed by atoms with E-state index in [4.69, 9.17) is 0 Å². The number of allylic oxidation sites excluding steroid dienone is 1. The normalized spacial score (nSPS) is 15.8. The van der Waals surface area contributed by atoms with Crippen molar-refractivity contribution in [3.8, 4) is 0 Å². The Morgan fingerprint density at radius 1 is 1.67 bits per heavy atom. The van der Waals surface area contributed by atoms with Crippen LogP contribution in [0.4, 0.5) is 0 Å². The van der Waals surface area contributed by atoms with Gasteiger partial charge in [-0.2, -0.15) is 0 Å². The van der Waals surface area contributed by atoms with E-state index in [2.05, 4.69) is 9.99 Å². The highest BCUT2D eigenvalue weighted by atomic mass is 35.5. The first-order chi connectivity index (χ1) is 3.89. The first-order valence-corrected chi connectivity index (χ1v) is 2.26. The second kappa shape index (κ2) is 4.09. The molecule has 0 saturated heterocycles. The molecule has 0 aromatic rings. The summed E-state index contributed by atoms with van der Waals surface area (Å²) in [4.78, 5) is 14.8. The van der Waals surface area contributed by atoms with E-state index in [1.54, 1.807) is 6.08 Å². The van der Waals surface area contributed by atoms with E-state index >= 15 is 0 Å². The SMILES string of the molecule is Cl.O=C1C=NOC=CC1. The molecule has 1 rings (SSSR count). The van der Waals surface area contributed by atoms with Crippen LogP contribution in [-0.2, 0) is 9.63 Å². The van der Waals surface area contributed by atoms with Gasteiger partial charge in [-0.25, -0.2) is 0 Å². The number of carbonyl (C=O) groups excluding carboxylic acids is 1. The van der Waals surface area contributed by atoms with Gasteiger partial charge in [0.15, 0.2) is 5.78 Å². The lowest BCUT2D eigenvalue weighted by atomic mass is 10.3. The van der Waals surface area contributed by atoms with Crippen molar-refractivity contribution in [1.29, 1.82) is 0 Å². The highest BCUT2D eigenvalue weighted by Gasteiger charge is 1.94. The highest BCUT2D eigenvalue weighted by Crippen LogP contribution is 1.90. The fourth-order valence-electron chi connectivity index (χ4n) is 0.384. The van der Waals surface area contributed by atoms with Crippen LogP contribution in [0.3, 0.4) is 0 Å². The first kappa shape index (κ1) is 8.17. The quantitative estimate of drug-likeness (QED) is 0.511. The zero-order chi connectivity index (χ0) is 5.82. The lowest BCUT2D eigenvalue weighted by Gasteiger charge is -1.77. The average molecular weight is 148 g/mol. The molecule has 50 valence electrons. The van der Waals surface area contributed by atoms with Gasteiger partial charge in [0.05, 0.1) is 0 Å². The van der Waals surface area contributed by atoms with Crippen molar-refractivity contribution in [2.45, 2.75) is 6.42 Å². The fraction of sp³-hybridized carbons (Fsp3) is 0.200. The summed E-state index contributed by atoms with van der Waals surface area (Å²) in [5, 5.41) is 3.29. The smallest absolute Gasteiger partial charge is 0.181 e. The minimum atomic E-state index is -0.0289. The molecule has 0 saturated carbocycles. The lowest BCUT2D eigenvalue weighted by Crippen LogP contribution is -1.93. The summed E-state index contributed by atoms with van der Waals surface area (Å²) in [5.74, 6) is -0.0289. The van der Waals surface area contributed by atoms with E-state index in [9.17, 15) is 4.79 Å². The Morgan fingerprint density at radius 2 is 2.44 bits per heavy atom. The van der Waals surface area contributed by atoms with Crippen molar-refractivity contribution >= 4 is 24.4 Å². The van der Waals surface area contributed by atoms with Gasteiger partial charge in [0.1, 0.15) is 12.5 Å². The molecule has 9 heavy (non-hydrogen) atoms. The van der Waals surface area contributed by atoms with Crippen LogP contribution in [0.1, 0.15) is 6.42 Å². The number of carbonyl (C=O) groups is 1. The van der Waals surface area contributed by atoms with E-state index in [0.29, 0.717) is 6.42 Å². The van der Waals surface area contributed by atoms with Crippen molar-refractivity contribution in [2.75, 3.05) is 0 Å². The Bertz CT molecular complexity index is 153. The third kappa shape index (κ3) is 2.87. The lowest BCUT2D eigenvalue weighted by molar-refractivity contribution is -0.111. The zero-order valence-corrected chi connectivity index (χ0v) is 5.43. The average Bonchev–Trinajstić information content (AvgIpc) is 1.94. The molecular formula is C5H6ClNO2. The van der Waals surface area contributed by atoms with E-state index in [1.807, 2.05) is 0 Å². The minimum Gasteiger partial charge on any atom is -0.365 e. The molecule has 1 aliphatic rings. The number of Topliss-reactive ketones (excluding diaryl/α,β-unsaturated/α-hetero) is 1. The summed E-state index contributed by atoms with van der Waals surface area (Å²) < 4.78 is 0. The number of nitrogens with zero attached hydrogens (tertiary/aromatic N) is 1. The summed E-state index contributed by atoms with van der Waals surface area (Å²) in [6.07, 6.45) is 4.57. The van der Waals surface area contributed by atoms with E-state index in [-0.39, 0.29) is 18.2 Å². The van der Waals surface area contributed by atoms with Crippen LogP contribution in [0.25, 0.3) is 0 Å². The predicted octanol–water partition coefficient (Wildman–Crippen LogP) is 0.897. The molecule has 0 amide bonds. The number of hydrogen-bond donors (Lipinski definition) is 0. The van der Waals surface area contributed by atoms with Crippen LogP contribution < -0.4 is 0 Å². The van der Waals surface area contributed by atoms with Crippen molar-refractivity contribution in [3.63, 3.8) is 0 Å². The van der Waals surface area contributed by atoms with E-state index in [0.717, 1.165) is 0 Å². The van der Waals surface area contributed by atoms with Gasteiger partial charge in [-0.05, 0) is 6.08 Å². The van der Waals surface area contributed by atoms with Crippen LogP contribution in [0, 0.1) is 0 Å². The number of oxime groups is 1. The molecule has 0 spiro atoms. The van der Waals surface area contributed by atoms with Crippen LogP contribution in [-0.4, -0.2) is 12.0 Å². The topological polar surface area (TPSA) is 38.7 Å². The number of halogens is 1. The van der Waals surface area contributed by atoms with Crippen molar-refractivity contribution < 1.29 is 9.63 Å². The number of hydrogen-bond acceptors (Lipinski definition) is 3. The molecular weight excluding hydrogens is 142 g/mol. The van der Waals surface area contributed by atoms with E-state index in [1.165, 1.54) is 12.5 Å². The van der Waals surface area contributed by atoms with Crippen molar-refractivity contribution in [1.82, 2.24) is 0 Å². The molecule has 4 heteroatoms. The van der Waals surface area contributed by atoms with Gasteiger partial charge in [-0.3, -0.25) is 4.79 Å². The van der Waals surface area contributed by atoms with Crippen LogP contribution in [0.15, 0.2) is 17.5 Å². The molecule has 3 nitrogen and oxygen atoms in total. The second-order valence-corrected chi connectivity index (χ2v) is 1.38. The zero-order valence-electron chi connectivity index (χ0n) is 4.61. The van der Waals surface area contributed by atoms with Crippen molar-refractivity contribution in [2.24, 2.45) is 5.16 Å². The summed E-state index contributed by atoms with van der Waals surface area (Å²) in [6, 6.07) is 0. The molecule has 1 aliphatic heterocycles. The summed E-state index contributed by atoms with van der Waals surface area (Å²) in [5.41, 5.74) is 0. The molecule has 0 bridgehead atoms. The summed E-state index contributed by atoms with van der Waals surface area (Å²) in [6.45, 7) is 0. The van der Waals surface area contributed by atoms with Gasteiger partial charge in [0.25, 0.3) is 0 Å².